The van der Waals surface area contributed by atoms with Gasteiger partial charge in [0.15, 0.2) is 0 Å². The maximum atomic E-state index is 12.3. The quantitative estimate of drug-likeness (QED) is 0.784. The van der Waals surface area contributed by atoms with Crippen molar-refractivity contribution in [2.24, 2.45) is 0 Å². The van der Waals surface area contributed by atoms with Gasteiger partial charge in [0, 0.05) is 32.2 Å². The van der Waals surface area contributed by atoms with Crippen molar-refractivity contribution in [2.75, 3.05) is 45.8 Å². The fraction of sp³-hybridized carbons (Fsp3) is 0.938. The van der Waals surface area contributed by atoms with Crippen LogP contribution in [-0.4, -0.2) is 72.5 Å². The Morgan fingerprint density at radius 1 is 0.800 bits per heavy atom. The van der Waals surface area contributed by atoms with Gasteiger partial charge in [0.2, 0.25) is 5.91 Å². The summed E-state index contributed by atoms with van der Waals surface area (Å²) < 4.78 is 0. The molecular weight excluding hydrogens is 250 g/mol. The number of rotatable bonds is 3. The van der Waals surface area contributed by atoms with E-state index in [4.69, 9.17) is 0 Å². The molecule has 0 aromatic carbocycles. The van der Waals surface area contributed by atoms with E-state index >= 15 is 0 Å². The Kier molecular flexibility index (Phi) is 4.94. The second-order valence-corrected chi connectivity index (χ2v) is 6.69. The zero-order valence-electron chi connectivity index (χ0n) is 12.7. The molecule has 0 unspecified atom stereocenters. The second kappa shape index (κ2) is 6.90. The summed E-state index contributed by atoms with van der Waals surface area (Å²) in [6.45, 7) is 6.98. The summed E-state index contributed by atoms with van der Waals surface area (Å²) in [6.07, 6.45) is 9.51. The molecule has 2 aliphatic heterocycles. The molecule has 0 spiro atoms. The van der Waals surface area contributed by atoms with Crippen LogP contribution in [0.2, 0.25) is 0 Å². The summed E-state index contributed by atoms with van der Waals surface area (Å²) >= 11 is 0. The third-order valence-electron chi connectivity index (χ3n) is 5.32. The van der Waals surface area contributed by atoms with Crippen LogP contribution in [0.3, 0.4) is 0 Å². The summed E-state index contributed by atoms with van der Waals surface area (Å²) in [6, 6.07) is 0.805. The highest BCUT2D eigenvalue weighted by atomic mass is 16.2. The molecular formula is C16H29N3O. The predicted octanol–water partition coefficient (Wildman–Crippen LogP) is 1.56. The predicted molar refractivity (Wildman–Crippen MR) is 80.7 cm³/mol. The van der Waals surface area contributed by atoms with Gasteiger partial charge in [-0.05, 0) is 38.8 Å². The largest absolute Gasteiger partial charge is 0.339 e. The van der Waals surface area contributed by atoms with Gasteiger partial charge in [-0.3, -0.25) is 14.6 Å². The van der Waals surface area contributed by atoms with Crippen LogP contribution in [0.25, 0.3) is 0 Å². The van der Waals surface area contributed by atoms with E-state index in [1.807, 2.05) is 0 Å². The monoisotopic (exact) mass is 279 g/mol. The van der Waals surface area contributed by atoms with Gasteiger partial charge in [-0.2, -0.15) is 0 Å². The number of carbonyl (C=O) groups excluding carboxylic acids is 1. The van der Waals surface area contributed by atoms with Crippen molar-refractivity contribution in [3.63, 3.8) is 0 Å². The van der Waals surface area contributed by atoms with E-state index in [2.05, 4.69) is 14.7 Å². The fourth-order valence-electron chi connectivity index (χ4n) is 4.01. The van der Waals surface area contributed by atoms with E-state index in [9.17, 15) is 4.79 Å². The molecule has 114 valence electrons. The van der Waals surface area contributed by atoms with Crippen LogP contribution in [0.1, 0.15) is 44.9 Å². The van der Waals surface area contributed by atoms with E-state index in [-0.39, 0.29) is 0 Å². The number of hydrogen-bond acceptors (Lipinski definition) is 3. The first-order valence-electron chi connectivity index (χ1n) is 8.57. The van der Waals surface area contributed by atoms with Crippen LogP contribution in [0.4, 0.5) is 0 Å². The minimum absolute atomic E-state index is 0.357. The Hall–Kier alpha value is -0.610. The van der Waals surface area contributed by atoms with Gasteiger partial charge >= 0.3 is 0 Å². The van der Waals surface area contributed by atoms with Gasteiger partial charge in [-0.1, -0.05) is 19.3 Å². The molecule has 0 N–H and O–H groups in total. The zero-order valence-corrected chi connectivity index (χ0v) is 12.7. The topological polar surface area (TPSA) is 26.8 Å². The van der Waals surface area contributed by atoms with Crippen molar-refractivity contribution < 1.29 is 4.79 Å². The maximum Gasteiger partial charge on any atom is 0.236 e. The van der Waals surface area contributed by atoms with Crippen molar-refractivity contribution in [3.8, 4) is 0 Å². The molecule has 0 aromatic heterocycles. The highest BCUT2D eigenvalue weighted by Crippen LogP contribution is 2.23. The molecule has 2 heterocycles. The third kappa shape index (κ3) is 3.53. The molecule has 0 radical (unpaired) electrons. The van der Waals surface area contributed by atoms with Gasteiger partial charge in [0.1, 0.15) is 0 Å². The molecule has 1 saturated carbocycles. The lowest BCUT2D eigenvalue weighted by Gasteiger charge is -2.41. The van der Waals surface area contributed by atoms with Crippen LogP contribution in [-0.2, 0) is 4.79 Å². The highest BCUT2D eigenvalue weighted by Gasteiger charge is 2.27. The van der Waals surface area contributed by atoms with E-state index < -0.39 is 0 Å². The first kappa shape index (κ1) is 14.3. The Bertz CT molecular complexity index is 314. The Labute approximate surface area is 123 Å². The van der Waals surface area contributed by atoms with Crippen molar-refractivity contribution in [3.05, 3.63) is 0 Å². The van der Waals surface area contributed by atoms with Crippen molar-refractivity contribution >= 4 is 5.91 Å². The first-order valence-corrected chi connectivity index (χ1v) is 8.57. The lowest BCUT2D eigenvalue weighted by molar-refractivity contribution is -0.134. The highest BCUT2D eigenvalue weighted by molar-refractivity contribution is 5.78. The Balaban J connectivity index is 1.41. The van der Waals surface area contributed by atoms with Crippen LogP contribution < -0.4 is 0 Å². The molecule has 3 rings (SSSR count). The molecule has 0 atom stereocenters. The van der Waals surface area contributed by atoms with Crippen molar-refractivity contribution in [1.82, 2.24) is 14.7 Å². The molecule has 4 heteroatoms. The van der Waals surface area contributed by atoms with Gasteiger partial charge < -0.3 is 4.90 Å². The normalized spacial score (nSPS) is 27.1. The number of nitrogens with zero attached hydrogens (tertiary/aromatic N) is 3. The van der Waals surface area contributed by atoms with Gasteiger partial charge in [-0.25, -0.2) is 0 Å². The summed E-state index contributed by atoms with van der Waals surface area (Å²) in [5.74, 6) is 0.357. The third-order valence-corrected chi connectivity index (χ3v) is 5.32. The minimum Gasteiger partial charge on any atom is -0.339 e. The Morgan fingerprint density at radius 2 is 1.45 bits per heavy atom. The molecule has 4 nitrogen and oxygen atoms in total. The van der Waals surface area contributed by atoms with Crippen molar-refractivity contribution in [2.45, 2.75) is 51.0 Å². The summed E-state index contributed by atoms with van der Waals surface area (Å²) in [5.41, 5.74) is 0. The lowest BCUT2D eigenvalue weighted by atomic mass is 9.94. The summed E-state index contributed by atoms with van der Waals surface area (Å²) in [4.78, 5) is 19.4. The fourth-order valence-corrected chi connectivity index (χ4v) is 4.01. The van der Waals surface area contributed by atoms with E-state index in [1.54, 1.807) is 0 Å². The number of likely N-dealkylation sites (tertiary alicyclic amines) is 1. The smallest absolute Gasteiger partial charge is 0.236 e. The number of piperazine rings is 1. The molecule has 3 aliphatic rings. The average Bonchev–Trinajstić information content (AvgIpc) is 3.01. The number of hydrogen-bond donors (Lipinski definition) is 0. The van der Waals surface area contributed by atoms with E-state index in [1.165, 1.54) is 44.9 Å². The molecule has 1 amide bonds. The standard InChI is InChI=1S/C16H29N3O/c20-16(14-17-8-4-5-9-17)19-12-10-18(11-13-19)15-6-2-1-3-7-15/h15H,1-14H2. The Morgan fingerprint density at radius 3 is 2.10 bits per heavy atom. The first-order chi connectivity index (χ1) is 9.83. The minimum atomic E-state index is 0.357. The number of carbonyl (C=O) groups is 1. The molecule has 3 fully saturated rings. The molecule has 20 heavy (non-hydrogen) atoms. The van der Waals surface area contributed by atoms with Crippen LogP contribution in [0.5, 0.6) is 0 Å². The van der Waals surface area contributed by atoms with Gasteiger partial charge in [0.05, 0.1) is 6.54 Å². The van der Waals surface area contributed by atoms with Crippen LogP contribution in [0, 0.1) is 0 Å². The zero-order chi connectivity index (χ0) is 13.8. The molecule has 0 bridgehead atoms. The number of amides is 1. The van der Waals surface area contributed by atoms with Crippen LogP contribution in [0.15, 0.2) is 0 Å². The lowest BCUT2D eigenvalue weighted by Crippen LogP contribution is -2.53. The molecule has 1 aliphatic carbocycles. The van der Waals surface area contributed by atoms with E-state index in [0.29, 0.717) is 12.5 Å². The maximum absolute atomic E-state index is 12.3. The molecule has 0 aromatic rings. The summed E-state index contributed by atoms with van der Waals surface area (Å²) in [5, 5.41) is 0. The molecule has 2 saturated heterocycles. The average molecular weight is 279 g/mol. The summed E-state index contributed by atoms with van der Waals surface area (Å²) in [7, 11) is 0. The SMILES string of the molecule is O=C(CN1CCCC1)N1CCN(C2CCCCC2)CC1. The van der Waals surface area contributed by atoms with Crippen LogP contribution >= 0.6 is 0 Å². The van der Waals surface area contributed by atoms with Gasteiger partial charge in [-0.15, -0.1) is 0 Å². The van der Waals surface area contributed by atoms with Gasteiger partial charge in [0.25, 0.3) is 0 Å². The van der Waals surface area contributed by atoms with Crippen molar-refractivity contribution in [1.29, 1.82) is 0 Å². The second-order valence-electron chi connectivity index (χ2n) is 6.69. The van der Waals surface area contributed by atoms with E-state index in [0.717, 1.165) is 45.3 Å².